The molecule has 2 N–H and O–H groups in total. The van der Waals surface area contributed by atoms with E-state index in [1.54, 1.807) is 13.8 Å². The summed E-state index contributed by atoms with van der Waals surface area (Å²) in [6, 6.07) is 2.06. The van der Waals surface area contributed by atoms with Gasteiger partial charge in [-0.05, 0) is 31.9 Å². The van der Waals surface area contributed by atoms with E-state index in [0.717, 1.165) is 6.07 Å². The van der Waals surface area contributed by atoms with E-state index < -0.39 is 17.2 Å². The van der Waals surface area contributed by atoms with Gasteiger partial charge in [0.1, 0.15) is 11.6 Å². The molecule has 1 aromatic carbocycles. The third-order valence-electron chi connectivity index (χ3n) is 1.74. The first kappa shape index (κ1) is 11.4. The highest BCUT2D eigenvalue weighted by Gasteiger charge is 2.16. The van der Waals surface area contributed by atoms with Crippen LogP contribution in [-0.4, -0.2) is 5.54 Å². The fourth-order valence-electron chi connectivity index (χ4n) is 1.19. The van der Waals surface area contributed by atoms with Gasteiger partial charge in [-0.15, -0.1) is 0 Å². The number of halogens is 3. The molecule has 0 amide bonds. The molecule has 0 saturated carbocycles. The smallest absolute Gasteiger partial charge is 0.144 e. The van der Waals surface area contributed by atoms with Gasteiger partial charge in [-0.2, -0.15) is 0 Å². The molecule has 0 radical (unpaired) electrons. The molecule has 0 aliphatic carbocycles. The average Bonchev–Trinajstić information content (AvgIpc) is 1.97. The van der Waals surface area contributed by atoms with Gasteiger partial charge in [0.15, 0.2) is 0 Å². The number of benzene rings is 1. The molecule has 4 heteroatoms. The lowest BCUT2D eigenvalue weighted by Gasteiger charge is -2.18. The predicted octanol–water partition coefficient (Wildman–Crippen LogP) is 2.90. The van der Waals surface area contributed by atoms with E-state index in [0.29, 0.717) is 12.0 Å². The van der Waals surface area contributed by atoms with Crippen molar-refractivity contribution in [2.24, 2.45) is 5.73 Å². The van der Waals surface area contributed by atoms with Crippen molar-refractivity contribution < 1.29 is 8.78 Å². The van der Waals surface area contributed by atoms with E-state index in [1.807, 2.05) is 0 Å². The second-order valence-electron chi connectivity index (χ2n) is 4.02. The molecule has 1 rings (SSSR count). The van der Waals surface area contributed by atoms with Gasteiger partial charge >= 0.3 is 0 Å². The maximum atomic E-state index is 13.2. The minimum atomic E-state index is -0.747. The van der Waals surface area contributed by atoms with Crippen LogP contribution in [0.15, 0.2) is 12.1 Å². The van der Waals surface area contributed by atoms with Crippen molar-refractivity contribution in [2.45, 2.75) is 25.8 Å². The van der Waals surface area contributed by atoms with Gasteiger partial charge in [-0.3, -0.25) is 0 Å². The number of rotatable bonds is 2. The van der Waals surface area contributed by atoms with Crippen molar-refractivity contribution in [3.05, 3.63) is 34.4 Å². The fourth-order valence-corrected chi connectivity index (χ4v) is 1.38. The van der Waals surface area contributed by atoms with Crippen LogP contribution >= 0.6 is 11.6 Å². The zero-order valence-electron chi connectivity index (χ0n) is 8.07. The molecule has 0 heterocycles. The first-order chi connectivity index (χ1) is 6.29. The summed E-state index contributed by atoms with van der Waals surface area (Å²) in [6.07, 6.45) is 0.318. The second kappa shape index (κ2) is 3.83. The highest BCUT2D eigenvalue weighted by atomic mass is 35.5. The lowest BCUT2D eigenvalue weighted by molar-refractivity contribution is 0.493. The van der Waals surface area contributed by atoms with Crippen LogP contribution in [0.2, 0.25) is 5.02 Å². The molecule has 1 nitrogen and oxygen atoms in total. The number of nitrogens with two attached hydrogens (primary N) is 1. The third-order valence-corrected chi connectivity index (χ3v) is 2.03. The Morgan fingerprint density at radius 2 is 1.86 bits per heavy atom. The molecular formula is C10H12ClF2N. The Labute approximate surface area is 86.9 Å². The van der Waals surface area contributed by atoms with Gasteiger partial charge in [0.25, 0.3) is 0 Å². The van der Waals surface area contributed by atoms with Gasteiger partial charge in [0, 0.05) is 11.6 Å². The third kappa shape index (κ3) is 2.93. The highest BCUT2D eigenvalue weighted by molar-refractivity contribution is 6.30. The van der Waals surface area contributed by atoms with E-state index in [9.17, 15) is 8.78 Å². The molecule has 0 bridgehead atoms. The summed E-state index contributed by atoms with van der Waals surface area (Å²) in [6.45, 7) is 3.54. The fraction of sp³-hybridized carbons (Fsp3) is 0.400. The van der Waals surface area contributed by atoms with Crippen LogP contribution in [0, 0.1) is 11.6 Å². The minimum absolute atomic E-state index is 0.0781. The summed E-state index contributed by atoms with van der Waals surface area (Å²) < 4.78 is 26.0. The molecule has 0 aliphatic rings. The molecule has 0 spiro atoms. The molecule has 1 aromatic rings. The van der Waals surface area contributed by atoms with Crippen LogP contribution in [0.3, 0.4) is 0 Å². The molecule has 0 aliphatic heterocycles. The molecular weight excluding hydrogens is 208 g/mol. The Bertz CT molecular complexity index is 345. The molecule has 14 heavy (non-hydrogen) atoms. The molecule has 0 aromatic heterocycles. The largest absolute Gasteiger partial charge is 0.325 e. The van der Waals surface area contributed by atoms with Gasteiger partial charge in [0.2, 0.25) is 0 Å². The Morgan fingerprint density at radius 3 is 2.36 bits per heavy atom. The van der Waals surface area contributed by atoms with Crippen molar-refractivity contribution in [3.63, 3.8) is 0 Å². The highest BCUT2D eigenvalue weighted by Crippen LogP contribution is 2.21. The monoisotopic (exact) mass is 219 g/mol. The lowest BCUT2D eigenvalue weighted by Crippen LogP contribution is -2.34. The van der Waals surface area contributed by atoms with Crippen molar-refractivity contribution in [1.29, 1.82) is 0 Å². The summed E-state index contributed by atoms with van der Waals surface area (Å²) in [5.74, 6) is -1.35. The summed E-state index contributed by atoms with van der Waals surface area (Å²) in [7, 11) is 0. The van der Waals surface area contributed by atoms with Crippen molar-refractivity contribution in [3.8, 4) is 0 Å². The van der Waals surface area contributed by atoms with Crippen LogP contribution in [0.1, 0.15) is 19.4 Å². The first-order valence-corrected chi connectivity index (χ1v) is 4.60. The summed E-state index contributed by atoms with van der Waals surface area (Å²) in [5, 5.41) is -0.0781. The molecule has 0 fully saturated rings. The second-order valence-corrected chi connectivity index (χ2v) is 4.43. The normalized spacial score (nSPS) is 11.9. The van der Waals surface area contributed by atoms with E-state index in [2.05, 4.69) is 0 Å². The van der Waals surface area contributed by atoms with Gasteiger partial charge in [-0.1, -0.05) is 11.6 Å². The molecule has 0 saturated heterocycles. The van der Waals surface area contributed by atoms with Gasteiger partial charge in [-0.25, -0.2) is 8.78 Å². The van der Waals surface area contributed by atoms with Crippen LogP contribution in [0.4, 0.5) is 8.78 Å². The number of hydrogen-bond acceptors (Lipinski definition) is 1. The Morgan fingerprint density at radius 1 is 1.29 bits per heavy atom. The van der Waals surface area contributed by atoms with Gasteiger partial charge < -0.3 is 5.73 Å². The zero-order valence-corrected chi connectivity index (χ0v) is 8.83. The SMILES string of the molecule is CC(C)(N)Cc1cc(Cl)c(F)cc1F. The van der Waals surface area contributed by atoms with Crippen LogP contribution in [-0.2, 0) is 6.42 Å². The first-order valence-electron chi connectivity index (χ1n) is 4.22. The molecule has 0 unspecified atom stereocenters. The minimum Gasteiger partial charge on any atom is -0.325 e. The average molecular weight is 220 g/mol. The van der Waals surface area contributed by atoms with E-state index >= 15 is 0 Å². The summed E-state index contributed by atoms with van der Waals surface area (Å²) in [5.41, 5.74) is 5.52. The quantitative estimate of drug-likeness (QED) is 0.761. The maximum absolute atomic E-state index is 13.2. The summed E-state index contributed by atoms with van der Waals surface area (Å²) in [4.78, 5) is 0. The van der Waals surface area contributed by atoms with Crippen molar-refractivity contribution in [1.82, 2.24) is 0 Å². The Kier molecular flexibility index (Phi) is 3.12. The molecule has 78 valence electrons. The van der Waals surface area contributed by atoms with Crippen molar-refractivity contribution >= 4 is 11.6 Å². The molecule has 0 atom stereocenters. The number of hydrogen-bond donors (Lipinski definition) is 1. The maximum Gasteiger partial charge on any atom is 0.144 e. The zero-order chi connectivity index (χ0) is 10.9. The van der Waals surface area contributed by atoms with Crippen LogP contribution in [0.5, 0.6) is 0 Å². The standard InChI is InChI=1S/C10H12ClF2N/c1-10(2,14)5-6-3-7(11)9(13)4-8(6)12/h3-4H,5,14H2,1-2H3. The van der Waals surface area contributed by atoms with Gasteiger partial charge in [0.05, 0.1) is 5.02 Å². The Balaban J connectivity index is 3.04. The topological polar surface area (TPSA) is 26.0 Å². The predicted molar refractivity (Wildman–Crippen MR) is 53.3 cm³/mol. The van der Waals surface area contributed by atoms with Crippen LogP contribution in [0.25, 0.3) is 0 Å². The van der Waals surface area contributed by atoms with Crippen LogP contribution < -0.4 is 5.73 Å². The van der Waals surface area contributed by atoms with E-state index in [4.69, 9.17) is 17.3 Å². The van der Waals surface area contributed by atoms with Crippen molar-refractivity contribution in [2.75, 3.05) is 0 Å². The lowest BCUT2D eigenvalue weighted by atomic mass is 9.96. The van der Waals surface area contributed by atoms with E-state index in [-0.39, 0.29) is 5.02 Å². The van der Waals surface area contributed by atoms with E-state index in [1.165, 1.54) is 6.07 Å². The summed E-state index contributed by atoms with van der Waals surface area (Å²) >= 11 is 5.53. The Hall–Kier alpha value is -0.670.